The number of furan rings is 1. The van der Waals surface area contributed by atoms with E-state index in [0.717, 1.165) is 4.47 Å². The number of benzene rings is 2. The third-order valence-corrected chi connectivity index (χ3v) is 5.86. The molecule has 30 heavy (non-hydrogen) atoms. The van der Waals surface area contributed by atoms with Crippen molar-refractivity contribution in [2.24, 2.45) is 0 Å². The van der Waals surface area contributed by atoms with Gasteiger partial charge in [0.2, 0.25) is 5.91 Å². The maximum absolute atomic E-state index is 12.6. The molecule has 0 fully saturated rings. The Balaban J connectivity index is 1.60. The SMILES string of the molecule is O=C(CNC(=O)c1cccc(S(=O)(=O)Nc2ccc(Br)cc2)c1)NCc1ccco1. The number of halogens is 1. The van der Waals surface area contributed by atoms with E-state index in [9.17, 15) is 18.0 Å². The zero-order valence-electron chi connectivity index (χ0n) is 15.6. The molecule has 1 aromatic heterocycles. The van der Waals surface area contributed by atoms with Crippen LogP contribution in [0.2, 0.25) is 0 Å². The lowest BCUT2D eigenvalue weighted by Crippen LogP contribution is -2.36. The van der Waals surface area contributed by atoms with Gasteiger partial charge in [-0.25, -0.2) is 8.42 Å². The molecule has 2 aromatic carbocycles. The average molecular weight is 492 g/mol. The third kappa shape index (κ3) is 5.94. The fourth-order valence-corrected chi connectivity index (χ4v) is 3.83. The van der Waals surface area contributed by atoms with Gasteiger partial charge in [-0.15, -0.1) is 0 Å². The lowest BCUT2D eigenvalue weighted by atomic mass is 10.2. The van der Waals surface area contributed by atoms with Crippen LogP contribution in [-0.2, 0) is 21.4 Å². The van der Waals surface area contributed by atoms with E-state index >= 15 is 0 Å². The molecular weight excluding hydrogens is 474 g/mol. The minimum atomic E-state index is -3.88. The van der Waals surface area contributed by atoms with E-state index in [0.29, 0.717) is 11.4 Å². The maximum Gasteiger partial charge on any atom is 0.261 e. The molecule has 3 N–H and O–H groups in total. The van der Waals surface area contributed by atoms with Gasteiger partial charge in [-0.1, -0.05) is 22.0 Å². The van der Waals surface area contributed by atoms with Crippen LogP contribution in [0.25, 0.3) is 0 Å². The zero-order valence-corrected chi connectivity index (χ0v) is 18.0. The molecule has 0 radical (unpaired) electrons. The van der Waals surface area contributed by atoms with Gasteiger partial charge < -0.3 is 15.1 Å². The van der Waals surface area contributed by atoms with Crippen LogP contribution in [0.5, 0.6) is 0 Å². The summed E-state index contributed by atoms with van der Waals surface area (Å²) in [6.45, 7) is -0.0508. The van der Waals surface area contributed by atoms with Crippen LogP contribution in [0.3, 0.4) is 0 Å². The molecule has 2 amide bonds. The summed E-state index contributed by atoms with van der Waals surface area (Å²) in [4.78, 5) is 24.1. The van der Waals surface area contributed by atoms with E-state index in [1.54, 1.807) is 36.4 Å². The predicted octanol–water partition coefficient (Wildman–Crippen LogP) is 2.89. The Kier molecular flexibility index (Phi) is 6.91. The molecule has 0 aliphatic heterocycles. The highest BCUT2D eigenvalue weighted by atomic mass is 79.9. The first-order valence-electron chi connectivity index (χ1n) is 8.79. The number of rotatable bonds is 8. The summed E-state index contributed by atoms with van der Waals surface area (Å²) in [5.41, 5.74) is 0.508. The number of nitrogens with one attached hydrogen (secondary N) is 3. The van der Waals surface area contributed by atoms with Crippen molar-refractivity contribution in [2.45, 2.75) is 11.4 Å². The van der Waals surface area contributed by atoms with Crippen molar-refractivity contribution < 1.29 is 22.4 Å². The van der Waals surface area contributed by atoms with Crippen LogP contribution in [0.15, 0.2) is 80.7 Å². The van der Waals surface area contributed by atoms with Gasteiger partial charge in [0, 0.05) is 15.7 Å². The molecule has 1 heterocycles. The summed E-state index contributed by atoms with van der Waals surface area (Å²) in [5.74, 6) is -0.380. The normalized spacial score (nSPS) is 11.0. The van der Waals surface area contributed by atoms with Crippen LogP contribution in [0, 0.1) is 0 Å². The molecule has 10 heteroatoms. The molecule has 0 spiro atoms. The first-order valence-corrected chi connectivity index (χ1v) is 11.1. The van der Waals surface area contributed by atoms with Crippen molar-refractivity contribution in [3.8, 4) is 0 Å². The second-order valence-electron chi connectivity index (χ2n) is 6.18. The van der Waals surface area contributed by atoms with Gasteiger partial charge in [0.1, 0.15) is 5.76 Å². The Morgan fingerprint density at radius 3 is 2.43 bits per heavy atom. The summed E-state index contributed by atoms with van der Waals surface area (Å²) in [6.07, 6.45) is 1.50. The van der Waals surface area contributed by atoms with Crippen molar-refractivity contribution in [3.05, 3.63) is 82.7 Å². The van der Waals surface area contributed by atoms with Gasteiger partial charge in [0.05, 0.1) is 24.2 Å². The van der Waals surface area contributed by atoms with Crippen LogP contribution in [0.1, 0.15) is 16.1 Å². The van der Waals surface area contributed by atoms with Gasteiger partial charge in [-0.2, -0.15) is 0 Å². The topological polar surface area (TPSA) is 118 Å². The van der Waals surface area contributed by atoms with E-state index in [1.807, 2.05) is 0 Å². The minimum absolute atomic E-state index is 0.0691. The number of carbonyl (C=O) groups excluding carboxylic acids is 2. The molecule has 0 atom stereocenters. The Hall–Kier alpha value is -3.11. The highest BCUT2D eigenvalue weighted by Crippen LogP contribution is 2.19. The molecular formula is C20H18BrN3O5S. The average Bonchev–Trinajstić information content (AvgIpc) is 3.26. The lowest BCUT2D eigenvalue weighted by molar-refractivity contribution is -0.120. The Bertz CT molecular complexity index is 1130. The number of hydrogen-bond acceptors (Lipinski definition) is 5. The number of carbonyl (C=O) groups is 2. The summed E-state index contributed by atoms with van der Waals surface area (Å²) in [7, 11) is -3.88. The quantitative estimate of drug-likeness (QED) is 0.447. The molecule has 8 nitrogen and oxygen atoms in total. The maximum atomic E-state index is 12.6. The Morgan fingerprint density at radius 1 is 0.967 bits per heavy atom. The molecule has 0 unspecified atom stereocenters. The smallest absolute Gasteiger partial charge is 0.261 e. The van der Waals surface area contributed by atoms with Gasteiger partial charge in [0.25, 0.3) is 15.9 Å². The van der Waals surface area contributed by atoms with E-state index in [4.69, 9.17) is 4.42 Å². The van der Waals surface area contributed by atoms with E-state index in [2.05, 4.69) is 31.3 Å². The van der Waals surface area contributed by atoms with Gasteiger partial charge >= 0.3 is 0 Å². The van der Waals surface area contributed by atoms with Crippen LogP contribution in [-0.4, -0.2) is 26.8 Å². The van der Waals surface area contributed by atoms with Crippen molar-refractivity contribution in [3.63, 3.8) is 0 Å². The minimum Gasteiger partial charge on any atom is -0.467 e. The molecule has 3 rings (SSSR count). The standard InChI is InChI=1S/C20H18BrN3O5S/c21-15-6-8-16(9-7-15)24-30(27,28)18-5-1-3-14(11-18)20(26)23-13-19(25)22-12-17-4-2-10-29-17/h1-11,24H,12-13H2,(H,22,25)(H,23,26). The summed E-state index contributed by atoms with van der Waals surface area (Å²) in [5, 5.41) is 5.06. The van der Waals surface area contributed by atoms with Crippen LogP contribution >= 0.6 is 15.9 Å². The molecule has 0 saturated carbocycles. The number of amides is 2. The van der Waals surface area contributed by atoms with Crippen molar-refractivity contribution in [1.29, 1.82) is 0 Å². The van der Waals surface area contributed by atoms with Crippen LogP contribution < -0.4 is 15.4 Å². The highest BCUT2D eigenvalue weighted by molar-refractivity contribution is 9.10. The van der Waals surface area contributed by atoms with Crippen molar-refractivity contribution in [2.75, 3.05) is 11.3 Å². The summed E-state index contributed by atoms with van der Waals surface area (Å²) >= 11 is 3.29. The van der Waals surface area contributed by atoms with E-state index < -0.39 is 21.8 Å². The summed E-state index contributed by atoms with van der Waals surface area (Å²) in [6, 6.07) is 15.6. The second kappa shape index (κ2) is 9.59. The highest BCUT2D eigenvalue weighted by Gasteiger charge is 2.17. The summed E-state index contributed by atoms with van der Waals surface area (Å²) < 4.78 is 33.6. The third-order valence-electron chi connectivity index (χ3n) is 3.95. The Morgan fingerprint density at radius 2 is 1.73 bits per heavy atom. The van der Waals surface area contributed by atoms with Gasteiger partial charge in [-0.05, 0) is 54.6 Å². The number of anilines is 1. The van der Waals surface area contributed by atoms with E-state index in [-0.39, 0.29) is 23.5 Å². The van der Waals surface area contributed by atoms with E-state index in [1.165, 1.54) is 30.5 Å². The number of sulfonamides is 1. The molecule has 0 saturated heterocycles. The second-order valence-corrected chi connectivity index (χ2v) is 8.78. The van der Waals surface area contributed by atoms with Crippen LogP contribution in [0.4, 0.5) is 5.69 Å². The number of hydrogen-bond donors (Lipinski definition) is 3. The molecule has 156 valence electrons. The monoisotopic (exact) mass is 491 g/mol. The molecule has 0 bridgehead atoms. The van der Waals surface area contributed by atoms with Crippen molar-refractivity contribution >= 4 is 43.5 Å². The lowest BCUT2D eigenvalue weighted by Gasteiger charge is -2.10. The zero-order chi connectivity index (χ0) is 21.6. The fraction of sp³-hybridized carbons (Fsp3) is 0.100. The first-order chi connectivity index (χ1) is 14.3. The molecule has 0 aliphatic carbocycles. The fourth-order valence-electron chi connectivity index (χ4n) is 2.46. The Labute approximate surface area is 181 Å². The first kappa shape index (κ1) is 21.6. The molecule has 3 aromatic rings. The van der Waals surface area contributed by atoms with Crippen molar-refractivity contribution in [1.82, 2.24) is 10.6 Å². The largest absolute Gasteiger partial charge is 0.467 e. The van der Waals surface area contributed by atoms with Gasteiger partial charge in [-0.3, -0.25) is 14.3 Å². The molecule has 0 aliphatic rings. The predicted molar refractivity (Wildman–Crippen MR) is 114 cm³/mol. The van der Waals surface area contributed by atoms with Gasteiger partial charge in [0.15, 0.2) is 0 Å².